The van der Waals surface area contributed by atoms with Crippen molar-refractivity contribution >= 4 is 0 Å². The minimum absolute atomic E-state index is 0.219. The number of hydrogen-bond donors (Lipinski definition) is 1. The van der Waals surface area contributed by atoms with Crippen LogP contribution in [0.15, 0.2) is 18.2 Å². The molecule has 1 N–H and O–H groups in total. The number of aryl methyl sites for hydroxylation is 1. The fourth-order valence-electron chi connectivity index (χ4n) is 3.41. The Morgan fingerprint density at radius 3 is 3.00 bits per heavy atom. The highest BCUT2D eigenvalue weighted by Crippen LogP contribution is 2.50. The van der Waals surface area contributed by atoms with E-state index >= 15 is 0 Å². The first-order chi connectivity index (χ1) is 7.29. The second-order valence-corrected chi connectivity index (χ2v) is 5.08. The SMILES string of the molecule is CC1C(O)c2cccc3c2C1CCCC3. The van der Waals surface area contributed by atoms with Crippen LogP contribution in [0.5, 0.6) is 0 Å². The molecule has 0 saturated heterocycles. The highest BCUT2D eigenvalue weighted by Gasteiger charge is 2.38. The van der Waals surface area contributed by atoms with E-state index in [4.69, 9.17) is 0 Å². The van der Waals surface area contributed by atoms with Crippen molar-refractivity contribution in [1.29, 1.82) is 0 Å². The molecule has 3 unspecified atom stereocenters. The van der Waals surface area contributed by atoms with Gasteiger partial charge in [-0.25, -0.2) is 0 Å². The molecule has 1 heteroatoms. The van der Waals surface area contributed by atoms with Crippen LogP contribution in [0.1, 0.15) is 54.9 Å². The highest BCUT2D eigenvalue weighted by molar-refractivity contribution is 5.44. The molecule has 3 rings (SSSR count). The zero-order chi connectivity index (χ0) is 10.4. The molecule has 0 aromatic heterocycles. The summed E-state index contributed by atoms with van der Waals surface area (Å²) in [6, 6.07) is 6.48. The lowest BCUT2D eigenvalue weighted by Gasteiger charge is -2.17. The Balaban J connectivity index is 2.19. The molecule has 0 bridgehead atoms. The number of rotatable bonds is 0. The number of benzene rings is 1. The van der Waals surface area contributed by atoms with Crippen molar-refractivity contribution in [3.05, 3.63) is 34.9 Å². The maximum atomic E-state index is 10.2. The Morgan fingerprint density at radius 1 is 1.27 bits per heavy atom. The molecule has 80 valence electrons. The van der Waals surface area contributed by atoms with Gasteiger partial charge in [0.25, 0.3) is 0 Å². The molecule has 1 nitrogen and oxygen atoms in total. The van der Waals surface area contributed by atoms with Crippen LogP contribution < -0.4 is 0 Å². The molecule has 2 aliphatic rings. The molecule has 2 aliphatic carbocycles. The number of aliphatic hydroxyl groups excluding tert-OH is 1. The summed E-state index contributed by atoms with van der Waals surface area (Å²) >= 11 is 0. The summed E-state index contributed by atoms with van der Waals surface area (Å²) in [6.07, 6.45) is 4.88. The summed E-state index contributed by atoms with van der Waals surface area (Å²) in [5.74, 6) is 1.04. The van der Waals surface area contributed by atoms with E-state index in [2.05, 4.69) is 25.1 Å². The summed E-state index contributed by atoms with van der Waals surface area (Å²) in [5, 5.41) is 10.2. The smallest absolute Gasteiger partial charge is 0.0824 e. The maximum Gasteiger partial charge on any atom is 0.0824 e. The fraction of sp³-hybridized carbons (Fsp3) is 0.571. The van der Waals surface area contributed by atoms with Gasteiger partial charge in [0.05, 0.1) is 6.10 Å². The van der Waals surface area contributed by atoms with Gasteiger partial charge in [-0.05, 0) is 47.8 Å². The van der Waals surface area contributed by atoms with Gasteiger partial charge in [0.1, 0.15) is 0 Å². The zero-order valence-electron chi connectivity index (χ0n) is 9.24. The summed E-state index contributed by atoms with van der Waals surface area (Å²) in [6.45, 7) is 2.20. The molecule has 1 aromatic rings. The van der Waals surface area contributed by atoms with Gasteiger partial charge < -0.3 is 5.11 Å². The van der Waals surface area contributed by atoms with Gasteiger partial charge in [-0.15, -0.1) is 0 Å². The average molecular weight is 202 g/mol. The Morgan fingerprint density at radius 2 is 2.13 bits per heavy atom. The Kier molecular flexibility index (Phi) is 2.10. The summed E-state index contributed by atoms with van der Waals surface area (Å²) in [4.78, 5) is 0. The van der Waals surface area contributed by atoms with Crippen LogP contribution in [0.25, 0.3) is 0 Å². The normalized spacial score (nSPS) is 33.6. The third-order valence-corrected chi connectivity index (χ3v) is 4.26. The van der Waals surface area contributed by atoms with E-state index in [0.29, 0.717) is 11.8 Å². The van der Waals surface area contributed by atoms with Crippen molar-refractivity contribution in [2.75, 3.05) is 0 Å². The molecular weight excluding hydrogens is 184 g/mol. The molecular formula is C14H18O. The van der Waals surface area contributed by atoms with Crippen LogP contribution in [0, 0.1) is 5.92 Å². The van der Waals surface area contributed by atoms with Crippen LogP contribution in [-0.2, 0) is 6.42 Å². The molecule has 15 heavy (non-hydrogen) atoms. The standard InChI is InChI=1S/C14H18O/c1-9-11-7-3-2-5-10-6-4-8-12(13(10)11)14(9)15/h4,6,8-9,11,14-15H,2-3,5,7H2,1H3. The van der Waals surface area contributed by atoms with Crippen LogP contribution in [0.2, 0.25) is 0 Å². The molecule has 0 heterocycles. The van der Waals surface area contributed by atoms with E-state index in [-0.39, 0.29) is 6.10 Å². The molecule has 0 radical (unpaired) electrons. The topological polar surface area (TPSA) is 20.2 Å². The van der Waals surface area contributed by atoms with E-state index in [0.717, 1.165) is 0 Å². The van der Waals surface area contributed by atoms with Gasteiger partial charge in [0.2, 0.25) is 0 Å². The molecule has 1 aromatic carbocycles. The van der Waals surface area contributed by atoms with Gasteiger partial charge in [-0.1, -0.05) is 31.5 Å². The van der Waals surface area contributed by atoms with Crippen molar-refractivity contribution < 1.29 is 5.11 Å². The number of hydrogen-bond acceptors (Lipinski definition) is 1. The zero-order valence-corrected chi connectivity index (χ0v) is 9.24. The second-order valence-electron chi connectivity index (χ2n) is 5.08. The Hall–Kier alpha value is -0.820. The molecule has 0 fully saturated rings. The van der Waals surface area contributed by atoms with Gasteiger partial charge in [-0.2, -0.15) is 0 Å². The Bertz CT molecular complexity index is 383. The molecule has 0 spiro atoms. The van der Waals surface area contributed by atoms with E-state index in [1.54, 1.807) is 0 Å². The van der Waals surface area contributed by atoms with E-state index < -0.39 is 0 Å². The van der Waals surface area contributed by atoms with Gasteiger partial charge in [0.15, 0.2) is 0 Å². The van der Waals surface area contributed by atoms with Crippen molar-refractivity contribution in [1.82, 2.24) is 0 Å². The molecule has 0 amide bonds. The molecule has 0 saturated carbocycles. The maximum absolute atomic E-state index is 10.2. The third-order valence-electron chi connectivity index (χ3n) is 4.26. The van der Waals surface area contributed by atoms with E-state index in [1.165, 1.54) is 42.4 Å². The van der Waals surface area contributed by atoms with E-state index in [9.17, 15) is 5.11 Å². The first kappa shape index (κ1) is 9.41. The predicted octanol–water partition coefficient (Wildman–Crippen LogP) is 3.18. The quantitative estimate of drug-likeness (QED) is 0.685. The summed E-state index contributed by atoms with van der Waals surface area (Å²) in [7, 11) is 0. The largest absolute Gasteiger partial charge is 0.388 e. The first-order valence-electron chi connectivity index (χ1n) is 6.09. The van der Waals surface area contributed by atoms with Crippen LogP contribution in [0.3, 0.4) is 0 Å². The van der Waals surface area contributed by atoms with E-state index in [1.807, 2.05) is 0 Å². The highest BCUT2D eigenvalue weighted by atomic mass is 16.3. The van der Waals surface area contributed by atoms with Gasteiger partial charge in [0, 0.05) is 0 Å². The van der Waals surface area contributed by atoms with Crippen molar-refractivity contribution in [2.45, 2.75) is 44.6 Å². The predicted molar refractivity (Wildman–Crippen MR) is 60.9 cm³/mol. The average Bonchev–Trinajstić information content (AvgIpc) is 2.45. The monoisotopic (exact) mass is 202 g/mol. The first-order valence-corrected chi connectivity index (χ1v) is 6.09. The van der Waals surface area contributed by atoms with Crippen LogP contribution in [-0.4, -0.2) is 5.11 Å². The van der Waals surface area contributed by atoms with Crippen LogP contribution in [0.4, 0.5) is 0 Å². The van der Waals surface area contributed by atoms with Gasteiger partial charge in [-0.3, -0.25) is 0 Å². The third kappa shape index (κ3) is 1.26. The van der Waals surface area contributed by atoms with Gasteiger partial charge >= 0.3 is 0 Å². The minimum Gasteiger partial charge on any atom is -0.388 e. The van der Waals surface area contributed by atoms with Crippen molar-refractivity contribution in [3.63, 3.8) is 0 Å². The number of aliphatic hydroxyl groups is 1. The molecule has 3 atom stereocenters. The molecule has 0 aliphatic heterocycles. The minimum atomic E-state index is -0.219. The van der Waals surface area contributed by atoms with Crippen LogP contribution >= 0.6 is 0 Å². The Labute approximate surface area is 91.1 Å². The summed E-state index contributed by atoms with van der Waals surface area (Å²) in [5.41, 5.74) is 4.21. The fourth-order valence-corrected chi connectivity index (χ4v) is 3.41. The van der Waals surface area contributed by atoms with Crippen molar-refractivity contribution in [3.8, 4) is 0 Å². The van der Waals surface area contributed by atoms with Crippen molar-refractivity contribution in [2.24, 2.45) is 5.92 Å². The summed E-state index contributed by atoms with van der Waals surface area (Å²) < 4.78 is 0. The lowest BCUT2D eigenvalue weighted by molar-refractivity contribution is 0.119. The lowest BCUT2D eigenvalue weighted by atomic mass is 9.89. The second kappa shape index (κ2) is 3.34. The lowest BCUT2D eigenvalue weighted by Crippen LogP contribution is -2.07.